The molecule has 2 aromatic rings. The minimum atomic E-state index is -0.865. The van der Waals surface area contributed by atoms with Gasteiger partial charge < -0.3 is 5.11 Å². The third-order valence-corrected chi connectivity index (χ3v) is 3.21. The number of aromatic nitrogens is 4. The SMILES string of the molecule is CCc1nn(-c2ccc(Cl)nn2)c(CC)c1CC(=O)O. The molecule has 6 nitrogen and oxygen atoms in total. The van der Waals surface area contributed by atoms with E-state index in [1.807, 2.05) is 13.8 Å². The molecule has 0 spiro atoms. The molecule has 7 heteroatoms. The van der Waals surface area contributed by atoms with Crippen molar-refractivity contribution < 1.29 is 9.90 Å². The Bertz CT molecular complexity index is 622. The van der Waals surface area contributed by atoms with Gasteiger partial charge >= 0.3 is 5.97 Å². The fourth-order valence-corrected chi connectivity index (χ4v) is 2.25. The molecular weight excluding hydrogens is 280 g/mol. The number of halogens is 1. The van der Waals surface area contributed by atoms with Gasteiger partial charge in [0.25, 0.3) is 0 Å². The molecule has 1 N–H and O–H groups in total. The lowest BCUT2D eigenvalue weighted by Gasteiger charge is -2.05. The molecule has 2 heterocycles. The van der Waals surface area contributed by atoms with Crippen molar-refractivity contribution in [3.8, 4) is 5.82 Å². The number of carbonyl (C=O) groups is 1. The molecule has 0 bridgehead atoms. The summed E-state index contributed by atoms with van der Waals surface area (Å²) in [6, 6.07) is 3.35. The highest BCUT2D eigenvalue weighted by molar-refractivity contribution is 6.29. The minimum Gasteiger partial charge on any atom is -0.481 e. The second-order valence-electron chi connectivity index (χ2n) is 4.28. The summed E-state index contributed by atoms with van der Waals surface area (Å²) in [6.45, 7) is 3.91. The zero-order valence-corrected chi connectivity index (χ0v) is 12.1. The molecule has 20 heavy (non-hydrogen) atoms. The number of aliphatic carboxylic acids is 1. The first kappa shape index (κ1) is 14.5. The van der Waals surface area contributed by atoms with Crippen LogP contribution in [0.3, 0.4) is 0 Å². The molecule has 0 amide bonds. The fraction of sp³-hybridized carbons (Fsp3) is 0.385. The zero-order valence-electron chi connectivity index (χ0n) is 11.3. The summed E-state index contributed by atoms with van der Waals surface area (Å²) in [5.41, 5.74) is 2.39. The molecular formula is C13H15ClN4O2. The van der Waals surface area contributed by atoms with Crippen molar-refractivity contribution in [2.75, 3.05) is 0 Å². The maximum Gasteiger partial charge on any atom is 0.307 e. The van der Waals surface area contributed by atoms with Crippen molar-refractivity contribution in [2.45, 2.75) is 33.1 Å². The van der Waals surface area contributed by atoms with Crippen molar-refractivity contribution in [2.24, 2.45) is 0 Å². The quantitative estimate of drug-likeness (QED) is 0.913. The van der Waals surface area contributed by atoms with Crippen LogP contribution in [0.5, 0.6) is 0 Å². The van der Waals surface area contributed by atoms with Gasteiger partial charge in [-0.3, -0.25) is 4.79 Å². The topological polar surface area (TPSA) is 80.9 Å². The van der Waals surface area contributed by atoms with Gasteiger partial charge in [-0.2, -0.15) is 5.10 Å². The number of carboxylic acid groups (broad SMARTS) is 1. The van der Waals surface area contributed by atoms with E-state index in [4.69, 9.17) is 16.7 Å². The Kier molecular flexibility index (Phi) is 4.34. The summed E-state index contributed by atoms with van der Waals surface area (Å²) in [7, 11) is 0. The number of rotatable bonds is 5. The summed E-state index contributed by atoms with van der Waals surface area (Å²) in [5, 5.41) is 21.6. The summed E-state index contributed by atoms with van der Waals surface area (Å²) < 4.78 is 1.65. The van der Waals surface area contributed by atoms with Crippen molar-refractivity contribution in [1.82, 2.24) is 20.0 Å². The Morgan fingerprint density at radius 2 is 2.05 bits per heavy atom. The highest BCUT2D eigenvalue weighted by Gasteiger charge is 2.19. The molecule has 0 atom stereocenters. The predicted molar refractivity (Wildman–Crippen MR) is 74.3 cm³/mol. The Balaban J connectivity index is 2.55. The van der Waals surface area contributed by atoms with Crippen molar-refractivity contribution in [1.29, 1.82) is 0 Å². The van der Waals surface area contributed by atoms with Gasteiger partial charge in [-0.25, -0.2) is 4.68 Å². The summed E-state index contributed by atoms with van der Waals surface area (Å²) in [4.78, 5) is 11.0. The van der Waals surface area contributed by atoms with Gasteiger partial charge in [0.1, 0.15) is 0 Å². The van der Waals surface area contributed by atoms with Crippen LogP contribution in [-0.4, -0.2) is 31.1 Å². The predicted octanol–water partition coefficient (Wildman–Crippen LogP) is 2.07. The molecule has 2 rings (SSSR count). The minimum absolute atomic E-state index is 0.0344. The first-order valence-electron chi connectivity index (χ1n) is 6.37. The third kappa shape index (κ3) is 2.80. The molecule has 0 aliphatic heterocycles. The van der Waals surface area contributed by atoms with E-state index in [0.717, 1.165) is 17.0 Å². The number of carboxylic acids is 1. The van der Waals surface area contributed by atoms with E-state index < -0.39 is 5.97 Å². The lowest BCUT2D eigenvalue weighted by atomic mass is 10.1. The van der Waals surface area contributed by atoms with Gasteiger partial charge in [-0.05, 0) is 25.0 Å². The van der Waals surface area contributed by atoms with Gasteiger partial charge in [0.2, 0.25) is 0 Å². The smallest absolute Gasteiger partial charge is 0.307 e. The maximum absolute atomic E-state index is 11.0. The Labute approximate surface area is 121 Å². The third-order valence-electron chi connectivity index (χ3n) is 3.01. The van der Waals surface area contributed by atoms with Crippen LogP contribution in [0.15, 0.2) is 12.1 Å². The van der Waals surface area contributed by atoms with E-state index >= 15 is 0 Å². The van der Waals surface area contributed by atoms with Crippen LogP contribution in [-0.2, 0) is 24.1 Å². The number of aryl methyl sites for hydroxylation is 1. The lowest BCUT2D eigenvalue weighted by Crippen LogP contribution is -2.07. The van der Waals surface area contributed by atoms with Gasteiger partial charge in [0.05, 0.1) is 12.1 Å². The average molecular weight is 295 g/mol. The Morgan fingerprint density at radius 1 is 1.30 bits per heavy atom. The van der Waals surface area contributed by atoms with Gasteiger partial charge in [0.15, 0.2) is 11.0 Å². The second kappa shape index (κ2) is 6.00. The lowest BCUT2D eigenvalue weighted by molar-refractivity contribution is -0.136. The molecule has 0 aliphatic rings. The highest BCUT2D eigenvalue weighted by Crippen LogP contribution is 2.20. The van der Waals surface area contributed by atoms with E-state index in [1.165, 1.54) is 0 Å². The molecule has 0 unspecified atom stereocenters. The molecule has 0 radical (unpaired) electrons. The molecule has 106 valence electrons. The largest absolute Gasteiger partial charge is 0.481 e. The fourth-order valence-electron chi connectivity index (χ4n) is 2.15. The molecule has 0 saturated heterocycles. The van der Waals surface area contributed by atoms with Crippen LogP contribution >= 0.6 is 11.6 Å². The van der Waals surface area contributed by atoms with Crippen molar-refractivity contribution in [3.63, 3.8) is 0 Å². The standard InChI is InChI=1S/C13H15ClN4O2/c1-3-9-8(7-13(19)20)10(4-2)18(17-9)12-6-5-11(14)15-16-12/h5-6H,3-4,7H2,1-2H3,(H,19,20). The van der Waals surface area contributed by atoms with E-state index in [9.17, 15) is 4.79 Å². The maximum atomic E-state index is 11.0. The van der Waals surface area contributed by atoms with Gasteiger partial charge in [0, 0.05) is 11.3 Å². The average Bonchev–Trinajstić information content (AvgIpc) is 2.76. The summed E-state index contributed by atoms with van der Waals surface area (Å²) in [5.74, 6) is -0.325. The monoisotopic (exact) mass is 294 g/mol. The molecule has 2 aromatic heterocycles. The zero-order chi connectivity index (χ0) is 14.7. The number of nitrogens with zero attached hydrogens (tertiary/aromatic N) is 4. The summed E-state index contributed by atoms with van der Waals surface area (Å²) >= 11 is 5.72. The van der Waals surface area contributed by atoms with Crippen LogP contribution in [0.2, 0.25) is 5.15 Å². The van der Waals surface area contributed by atoms with Crippen LogP contribution in [0, 0.1) is 0 Å². The van der Waals surface area contributed by atoms with Crippen LogP contribution in [0.1, 0.15) is 30.8 Å². The van der Waals surface area contributed by atoms with E-state index in [0.29, 0.717) is 23.8 Å². The van der Waals surface area contributed by atoms with Crippen LogP contribution in [0.25, 0.3) is 5.82 Å². The Morgan fingerprint density at radius 3 is 2.55 bits per heavy atom. The molecule has 0 saturated carbocycles. The van der Waals surface area contributed by atoms with E-state index in [-0.39, 0.29) is 6.42 Å². The molecule has 0 aliphatic carbocycles. The van der Waals surface area contributed by atoms with E-state index in [2.05, 4.69) is 15.3 Å². The first-order chi connectivity index (χ1) is 9.56. The first-order valence-corrected chi connectivity index (χ1v) is 6.75. The van der Waals surface area contributed by atoms with Gasteiger partial charge in [-0.15, -0.1) is 10.2 Å². The number of hydrogen-bond acceptors (Lipinski definition) is 4. The van der Waals surface area contributed by atoms with Gasteiger partial charge in [-0.1, -0.05) is 25.4 Å². The van der Waals surface area contributed by atoms with Crippen LogP contribution in [0.4, 0.5) is 0 Å². The molecule has 0 fully saturated rings. The Hall–Kier alpha value is -1.95. The van der Waals surface area contributed by atoms with Crippen LogP contribution < -0.4 is 0 Å². The van der Waals surface area contributed by atoms with Crippen molar-refractivity contribution in [3.05, 3.63) is 34.2 Å². The highest BCUT2D eigenvalue weighted by atomic mass is 35.5. The second-order valence-corrected chi connectivity index (χ2v) is 4.66. The van der Waals surface area contributed by atoms with Crippen molar-refractivity contribution >= 4 is 17.6 Å². The summed E-state index contributed by atoms with van der Waals surface area (Å²) in [6.07, 6.45) is 1.30. The number of hydrogen-bond donors (Lipinski definition) is 1. The van der Waals surface area contributed by atoms with E-state index in [1.54, 1.807) is 16.8 Å². The molecule has 0 aromatic carbocycles. The normalized spacial score (nSPS) is 10.8.